The van der Waals surface area contributed by atoms with E-state index in [-0.39, 0.29) is 242 Å². The van der Waals surface area contributed by atoms with Gasteiger partial charge < -0.3 is 174 Å². The van der Waals surface area contributed by atoms with E-state index in [2.05, 4.69) is 57.5 Å². The molecule has 7 saturated heterocycles. The molecule has 0 unspecified atom stereocenters. The standard InChI is InChI=1S/C92H147N15O41/c1-61(108)95-76-79(140-64(4)111)82(143-67(7)114)90(58-137-85(76)146-90)55-128-41-38-125-35-32-122-29-26-119-23-19-105-44-71(99-102-105)49-131-52-89(98-75(118)17-12-10-14-18-94-74(117)16-13-11-15-22-134-88-135-47-70(93)48-136-88,53-132-50-72-45-106(103-100-72)20-24-120-27-30-123-33-36-126-39-42-129-56-91-59-138-86(147-91)77(96-62(2)109)80(141-65(5)112)83(91)144-68(8)115)54-133-51-73-46-107(104-101-73)21-25-121-28-31-124-34-37-127-40-43-130-57-92-60-139-87(148-92)78(97-63(3)110)81(142-66(6)113)84(92)145-69(9)116/h44-46,70,76-88H,10-43,47-60,93H2,1-9H3,(H,94,117)(H,95,108)(H,96,109)(H,97,110)(H,98,118)/t70?,76-,77-,78-,79-,80-,81-,82-,83-,84-,85+,86+,87+,88?,90+,91+,92+/m1/s1. The smallest absolute Gasteiger partial charge is 0.303 e. The molecule has 56 heteroatoms. The Labute approximate surface area is 856 Å². The van der Waals surface area contributed by atoms with Crippen molar-refractivity contribution in [3.63, 3.8) is 0 Å². The van der Waals surface area contributed by atoms with E-state index in [4.69, 9.17) is 148 Å². The van der Waals surface area contributed by atoms with E-state index in [0.717, 1.165) is 12.8 Å². The molecule has 3 aromatic rings. The Morgan fingerprint density at radius 2 is 0.655 bits per heavy atom. The first-order valence-corrected chi connectivity index (χ1v) is 49.7. The van der Waals surface area contributed by atoms with Crippen LogP contribution in [0.4, 0.5) is 0 Å². The molecule has 7 N–H and O–H groups in total. The Morgan fingerprint density at radius 1 is 0.358 bits per heavy atom. The average molecular weight is 2120 g/mol. The van der Waals surface area contributed by atoms with E-state index in [1.54, 1.807) is 32.6 Å². The van der Waals surface area contributed by atoms with Crippen molar-refractivity contribution in [1.82, 2.24) is 71.6 Å². The third-order valence-electron chi connectivity index (χ3n) is 23.2. The van der Waals surface area contributed by atoms with Crippen LogP contribution in [0.5, 0.6) is 0 Å². The fraction of sp³-hybridized carbons (Fsp3) is 0.815. The highest BCUT2D eigenvalue weighted by atomic mass is 16.9. The van der Waals surface area contributed by atoms with E-state index in [1.807, 2.05) is 0 Å². The van der Waals surface area contributed by atoms with Crippen molar-refractivity contribution < 1.29 is 195 Å². The number of nitrogens with two attached hydrogens (primary N) is 1. The number of aromatic nitrogens is 9. The number of nitrogens with one attached hydrogen (secondary N) is 5. The summed E-state index contributed by atoms with van der Waals surface area (Å²) in [6.45, 7) is 16.4. The molecule has 56 nitrogen and oxygen atoms in total. The minimum Gasteiger partial charge on any atom is -0.456 e. The lowest BCUT2D eigenvalue weighted by Gasteiger charge is -2.45. The van der Waals surface area contributed by atoms with Crippen LogP contribution in [-0.2, 0) is 234 Å². The Morgan fingerprint density at radius 3 is 0.966 bits per heavy atom. The lowest BCUT2D eigenvalue weighted by Crippen LogP contribution is -2.68. The van der Waals surface area contributed by atoms with Gasteiger partial charge in [0.1, 0.15) is 40.7 Å². The fourth-order valence-electron chi connectivity index (χ4n) is 16.8. The van der Waals surface area contributed by atoms with Gasteiger partial charge in [-0.1, -0.05) is 28.5 Å². The van der Waals surface area contributed by atoms with E-state index >= 15 is 0 Å². The highest BCUT2D eigenvalue weighted by Gasteiger charge is 2.67. The monoisotopic (exact) mass is 2120 g/mol. The van der Waals surface area contributed by atoms with Crippen LogP contribution >= 0.6 is 0 Å². The number of hydrogen-bond acceptors (Lipinski definition) is 48. The maximum Gasteiger partial charge on any atom is 0.303 e. The number of hydrogen-bond donors (Lipinski definition) is 6. The molecular weight excluding hydrogens is 1970 g/mol. The number of nitrogens with zero attached hydrogens (tertiary/aromatic N) is 9. The average Bonchev–Trinajstić information content (AvgIpc) is 1.58. The minimum atomic E-state index is -1.36. The van der Waals surface area contributed by atoms with Gasteiger partial charge in [0.15, 0.2) is 72.3 Å². The number of carbonyl (C=O) groups is 11. The molecular formula is C92H147N15O41. The highest BCUT2D eigenvalue weighted by Crippen LogP contribution is 2.44. The zero-order chi connectivity index (χ0) is 106. The summed E-state index contributed by atoms with van der Waals surface area (Å²) in [6.07, 6.45) is -0.375. The van der Waals surface area contributed by atoms with E-state index in [1.165, 1.54) is 62.3 Å². The first-order chi connectivity index (χ1) is 71.4. The molecule has 0 saturated carbocycles. The van der Waals surface area contributed by atoms with Crippen molar-refractivity contribution in [2.24, 2.45) is 5.73 Å². The molecule has 0 radical (unpaired) electrons. The molecule has 6 bridgehead atoms. The number of rotatable bonds is 77. The van der Waals surface area contributed by atoms with Crippen LogP contribution in [0, 0.1) is 0 Å². The summed E-state index contributed by atoms with van der Waals surface area (Å²) in [5.74, 6) is -5.67. The highest BCUT2D eigenvalue weighted by molar-refractivity contribution is 5.78. The Bertz CT molecular complexity index is 4130. The Kier molecular flexibility index (Phi) is 52.4. The van der Waals surface area contributed by atoms with Gasteiger partial charge in [0, 0.05) is 81.7 Å². The van der Waals surface area contributed by atoms with Gasteiger partial charge in [-0.2, -0.15) is 0 Å². The minimum absolute atomic E-state index is 0.0517. The number of amides is 5. The molecule has 5 amide bonds. The number of esters is 6. The zero-order valence-corrected chi connectivity index (χ0v) is 85.6. The topological polar surface area (TPSA) is 643 Å². The molecule has 0 aromatic carbocycles. The van der Waals surface area contributed by atoms with Gasteiger partial charge >= 0.3 is 35.8 Å². The summed E-state index contributed by atoms with van der Waals surface area (Å²) in [7, 11) is 0. The summed E-state index contributed by atoms with van der Waals surface area (Å²) in [5.41, 5.74) is 1.83. The van der Waals surface area contributed by atoms with Crippen LogP contribution in [0.15, 0.2) is 18.6 Å². The van der Waals surface area contributed by atoms with E-state index in [0.29, 0.717) is 95.2 Å². The van der Waals surface area contributed by atoms with Gasteiger partial charge in [0.25, 0.3) is 6.48 Å². The first kappa shape index (κ1) is 120. The predicted molar refractivity (Wildman–Crippen MR) is 496 cm³/mol. The number of unbranched alkanes of at least 4 members (excludes halogenated alkanes) is 4. The maximum atomic E-state index is 14.4. The first-order valence-electron chi connectivity index (χ1n) is 49.7. The molecule has 15 atom stereocenters. The summed E-state index contributed by atoms with van der Waals surface area (Å²) in [6, 6.07) is -3.04. The van der Waals surface area contributed by atoms with Crippen molar-refractivity contribution in [2.75, 3.05) is 225 Å². The van der Waals surface area contributed by atoms with Gasteiger partial charge in [-0.15, -0.1) is 15.3 Å². The summed E-state index contributed by atoms with van der Waals surface area (Å²) in [5, 5.41) is 40.1. The van der Waals surface area contributed by atoms with Crippen molar-refractivity contribution in [2.45, 2.75) is 262 Å². The van der Waals surface area contributed by atoms with Gasteiger partial charge in [0.2, 0.25) is 29.5 Å². The summed E-state index contributed by atoms with van der Waals surface area (Å²) in [4.78, 5) is 137. The van der Waals surface area contributed by atoms with Crippen LogP contribution < -0.4 is 32.3 Å². The summed E-state index contributed by atoms with van der Waals surface area (Å²) >= 11 is 0. The van der Waals surface area contributed by atoms with Crippen LogP contribution in [0.2, 0.25) is 0 Å². The SMILES string of the molecule is CC(=O)N[C@H]1[C@H]2OC[C@](COCCOCCOCCOCCn3cc(COCC(COCc4cn(CCOCCOCCOCCOC[C@@]56CO[C@@H](O5)[C@H](NC(C)=O)[C@@H](OC(C)=O)[C@H]6OC(C)=O)nn4)(COCc4cn(CCOCCOCCOCCOC[C@@]56CO[C@@H](O5)[C@H](NC(C)=O)[C@@H](OC(C)=O)[C@H]6OC(C)=O)nn4)NC(=O)CCCCCNC(=O)CCCCCOC4OCC(N)CO4)nn3)(O2)[C@H](OC(C)=O)[C@@H]1OC(C)=O. The van der Waals surface area contributed by atoms with Gasteiger partial charge in [-0.3, -0.25) is 52.7 Å². The second-order valence-corrected chi connectivity index (χ2v) is 36.0. The van der Waals surface area contributed by atoms with Crippen LogP contribution in [0.3, 0.4) is 0 Å². The lowest BCUT2D eigenvalue weighted by molar-refractivity contribution is -0.313. The molecule has 836 valence electrons. The van der Waals surface area contributed by atoms with E-state index < -0.39 is 156 Å². The quantitative estimate of drug-likeness (QED) is 0.0185. The molecule has 148 heavy (non-hydrogen) atoms. The fourth-order valence-corrected chi connectivity index (χ4v) is 16.8. The molecule has 10 rings (SSSR count). The molecule has 10 heterocycles. The lowest BCUT2D eigenvalue weighted by atomic mass is 9.87. The van der Waals surface area contributed by atoms with Gasteiger partial charge in [-0.25, -0.2) is 14.0 Å². The zero-order valence-electron chi connectivity index (χ0n) is 85.6. The van der Waals surface area contributed by atoms with Crippen LogP contribution in [-0.4, -0.2) is 443 Å². The van der Waals surface area contributed by atoms with E-state index in [9.17, 15) is 52.7 Å². The molecule has 7 aliphatic rings. The molecule has 7 aliphatic heterocycles. The number of carbonyl (C=O) groups excluding carboxylic acids is 11. The van der Waals surface area contributed by atoms with Crippen molar-refractivity contribution in [3.8, 4) is 0 Å². The van der Waals surface area contributed by atoms with Gasteiger partial charge in [-0.05, 0) is 25.7 Å². The van der Waals surface area contributed by atoms with Crippen LogP contribution in [0.25, 0.3) is 0 Å². The number of fused-ring (bicyclic) bond motifs is 6. The molecule has 0 aliphatic carbocycles. The molecule has 7 fully saturated rings. The van der Waals surface area contributed by atoms with Crippen molar-refractivity contribution >= 4 is 65.4 Å². The van der Waals surface area contributed by atoms with Crippen molar-refractivity contribution in [3.05, 3.63) is 35.7 Å². The van der Waals surface area contributed by atoms with Gasteiger partial charge in [0.05, 0.1) is 282 Å². The maximum absolute atomic E-state index is 14.4. The second-order valence-electron chi connectivity index (χ2n) is 36.0. The Hall–Kier alpha value is -9.41. The Balaban J connectivity index is 0.674. The third kappa shape index (κ3) is 41.6. The third-order valence-corrected chi connectivity index (χ3v) is 23.2. The molecule has 3 aromatic heterocycles. The van der Waals surface area contributed by atoms with Crippen molar-refractivity contribution in [1.29, 1.82) is 0 Å². The molecule has 0 spiro atoms. The van der Waals surface area contributed by atoms with Crippen LogP contribution in [0.1, 0.15) is 131 Å². The largest absolute Gasteiger partial charge is 0.456 e. The summed E-state index contributed by atoms with van der Waals surface area (Å²) < 4.78 is 180. The second kappa shape index (κ2) is 64.4. The predicted octanol–water partition coefficient (Wildman–Crippen LogP) is -3.14. The number of ether oxygens (including phenoxy) is 30. The normalized spacial score (nSPS) is 24.8.